The minimum Gasteiger partial charge on any atom is -0.339 e. The van der Waals surface area contributed by atoms with Crippen molar-refractivity contribution in [3.8, 4) is 0 Å². The predicted octanol–water partition coefficient (Wildman–Crippen LogP) is 2.09. The van der Waals surface area contributed by atoms with Gasteiger partial charge >= 0.3 is 0 Å². The summed E-state index contributed by atoms with van der Waals surface area (Å²) in [6, 6.07) is 0.244. The monoisotopic (exact) mass is 295 g/mol. The molecular weight excluding hydrogens is 274 g/mol. The minimum atomic E-state index is 0.0931. The first-order chi connectivity index (χ1) is 9.74. The Morgan fingerprint density at radius 3 is 3.15 bits per heavy atom. The Balaban J connectivity index is 1.65. The Kier molecular flexibility index (Phi) is 4.41. The molecule has 2 atom stereocenters. The van der Waals surface area contributed by atoms with E-state index in [1.807, 2.05) is 11.8 Å². The fraction of sp³-hybridized carbons (Fsp3) is 0.786. The van der Waals surface area contributed by atoms with Crippen molar-refractivity contribution in [3.63, 3.8) is 0 Å². The third-order valence-electron chi connectivity index (χ3n) is 4.28. The molecule has 1 aliphatic heterocycles. The molecule has 0 spiro atoms. The second-order valence-corrected chi connectivity index (χ2v) is 6.88. The van der Waals surface area contributed by atoms with Gasteiger partial charge in [-0.15, -0.1) is 0 Å². The summed E-state index contributed by atoms with van der Waals surface area (Å²) in [6.07, 6.45) is 4.48. The molecule has 2 fully saturated rings. The van der Waals surface area contributed by atoms with E-state index in [-0.39, 0.29) is 12.0 Å². The van der Waals surface area contributed by atoms with Gasteiger partial charge in [-0.25, -0.2) is 0 Å². The highest BCUT2D eigenvalue weighted by Gasteiger charge is 2.28. The molecule has 0 aromatic carbocycles. The second kappa shape index (κ2) is 6.26. The van der Waals surface area contributed by atoms with Gasteiger partial charge < -0.3 is 4.52 Å². The van der Waals surface area contributed by atoms with Crippen LogP contribution in [0.4, 0.5) is 0 Å². The summed E-state index contributed by atoms with van der Waals surface area (Å²) in [5.74, 6) is 4.03. The van der Waals surface area contributed by atoms with E-state index < -0.39 is 0 Å². The van der Waals surface area contributed by atoms with Gasteiger partial charge in [0.25, 0.3) is 0 Å². The van der Waals surface area contributed by atoms with Crippen molar-refractivity contribution in [1.29, 1.82) is 0 Å². The van der Waals surface area contributed by atoms with Gasteiger partial charge in [-0.05, 0) is 19.9 Å². The molecule has 1 aromatic rings. The van der Waals surface area contributed by atoms with Gasteiger partial charge in [-0.1, -0.05) is 11.6 Å². The molecule has 1 aliphatic carbocycles. The number of hydrogen-bond acceptors (Lipinski definition) is 6. The highest BCUT2D eigenvalue weighted by Crippen LogP contribution is 2.28. The maximum Gasteiger partial charge on any atom is 0.227 e. The molecule has 0 amide bonds. The van der Waals surface area contributed by atoms with E-state index in [0.717, 1.165) is 43.1 Å². The SMILES string of the molecule is CN1CCSCC1c1noc(CC2CCCCC2=O)n1. The van der Waals surface area contributed by atoms with Gasteiger partial charge in [0.05, 0.1) is 6.04 Å². The lowest BCUT2D eigenvalue weighted by atomic mass is 9.86. The second-order valence-electron chi connectivity index (χ2n) is 5.73. The first-order valence-corrected chi connectivity index (χ1v) is 8.52. The van der Waals surface area contributed by atoms with Crippen LogP contribution in [0.1, 0.15) is 43.4 Å². The molecule has 0 bridgehead atoms. The number of rotatable bonds is 3. The van der Waals surface area contributed by atoms with Gasteiger partial charge in [0.2, 0.25) is 5.89 Å². The molecule has 2 heterocycles. The first-order valence-electron chi connectivity index (χ1n) is 7.37. The molecule has 0 radical (unpaired) electrons. The molecular formula is C14H21N3O2S. The molecule has 2 unspecified atom stereocenters. The van der Waals surface area contributed by atoms with Crippen LogP contribution in [-0.2, 0) is 11.2 Å². The zero-order valence-corrected chi connectivity index (χ0v) is 12.7. The molecule has 1 aromatic heterocycles. The number of nitrogens with zero attached hydrogens (tertiary/aromatic N) is 3. The van der Waals surface area contributed by atoms with Gasteiger partial charge in [0.1, 0.15) is 5.78 Å². The number of thioether (sulfide) groups is 1. The van der Waals surface area contributed by atoms with Gasteiger partial charge in [0.15, 0.2) is 5.82 Å². The fourth-order valence-corrected chi connectivity index (χ4v) is 4.14. The average Bonchev–Trinajstić information content (AvgIpc) is 2.90. The van der Waals surface area contributed by atoms with Crippen LogP contribution in [0, 0.1) is 5.92 Å². The van der Waals surface area contributed by atoms with E-state index in [2.05, 4.69) is 22.1 Å². The van der Waals surface area contributed by atoms with Crippen molar-refractivity contribution in [1.82, 2.24) is 15.0 Å². The van der Waals surface area contributed by atoms with E-state index in [9.17, 15) is 4.79 Å². The molecule has 6 heteroatoms. The molecule has 20 heavy (non-hydrogen) atoms. The minimum absolute atomic E-state index is 0.0931. The van der Waals surface area contributed by atoms with Crippen LogP contribution in [0.5, 0.6) is 0 Å². The lowest BCUT2D eigenvalue weighted by molar-refractivity contribution is -0.124. The van der Waals surface area contributed by atoms with E-state index in [0.29, 0.717) is 24.5 Å². The molecule has 110 valence electrons. The summed E-state index contributed by atoms with van der Waals surface area (Å²) < 4.78 is 5.37. The van der Waals surface area contributed by atoms with Gasteiger partial charge in [-0.3, -0.25) is 9.69 Å². The van der Waals surface area contributed by atoms with Crippen LogP contribution < -0.4 is 0 Å². The fourth-order valence-electron chi connectivity index (χ4n) is 2.93. The van der Waals surface area contributed by atoms with E-state index in [4.69, 9.17) is 4.52 Å². The summed E-state index contributed by atoms with van der Waals surface area (Å²) in [5, 5.41) is 4.13. The topological polar surface area (TPSA) is 59.2 Å². The molecule has 1 saturated carbocycles. The highest BCUT2D eigenvalue weighted by molar-refractivity contribution is 7.99. The predicted molar refractivity (Wildman–Crippen MR) is 77.7 cm³/mol. The van der Waals surface area contributed by atoms with Crippen LogP contribution in [0.25, 0.3) is 0 Å². The summed E-state index contributed by atoms with van der Waals surface area (Å²) >= 11 is 1.93. The molecule has 0 N–H and O–H groups in total. The molecule has 2 aliphatic rings. The Bertz CT molecular complexity index is 477. The van der Waals surface area contributed by atoms with Crippen molar-refractivity contribution < 1.29 is 9.32 Å². The van der Waals surface area contributed by atoms with Crippen LogP contribution in [0.3, 0.4) is 0 Å². The van der Waals surface area contributed by atoms with Crippen LogP contribution in [0.2, 0.25) is 0 Å². The van der Waals surface area contributed by atoms with Crippen molar-refractivity contribution in [2.75, 3.05) is 25.1 Å². The quantitative estimate of drug-likeness (QED) is 0.851. The summed E-state index contributed by atoms with van der Waals surface area (Å²) in [7, 11) is 2.10. The largest absolute Gasteiger partial charge is 0.339 e. The van der Waals surface area contributed by atoms with Crippen LogP contribution >= 0.6 is 11.8 Å². The van der Waals surface area contributed by atoms with Crippen LogP contribution in [0.15, 0.2) is 4.52 Å². The summed E-state index contributed by atoms with van der Waals surface area (Å²) in [5.41, 5.74) is 0. The Morgan fingerprint density at radius 2 is 2.35 bits per heavy atom. The first kappa shape index (κ1) is 14.1. The smallest absolute Gasteiger partial charge is 0.227 e. The van der Waals surface area contributed by atoms with Crippen molar-refractivity contribution in [2.45, 2.75) is 38.1 Å². The number of carbonyl (C=O) groups excluding carboxylic acids is 1. The average molecular weight is 295 g/mol. The lowest BCUT2D eigenvalue weighted by Gasteiger charge is -2.29. The van der Waals surface area contributed by atoms with E-state index >= 15 is 0 Å². The van der Waals surface area contributed by atoms with Crippen molar-refractivity contribution in [3.05, 3.63) is 11.7 Å². The third-order valence-corrected chi connectivity index (χ3v) is 5.30. The Hall–Kier alpha value is -0.880. The normalized spacial score (nSPS) is 28.8. The lowest BCUT2D eigenvalue weighted by Crippen LogP contribution is -2.33. The van der Waals surface area contributed by atoms with Gasteiger partial charge in [-0.2, -0.15) is 16.7 Å². The van der Waals surface area contributed by atoms with Gasteiger partial charge in [0, 0.05) is 36.8 Å². The molecule has 3 rings (SSSR count). The van der Waals surface area contributed by atoms with E-state index in [1.54, 1.807) is 0 Å². The van der Waals surface area contributed by atoms with Crippen molar-refractivity contribution in [2.24, 2.45) is 5.92 Å². The summed E-state index contributed by atoms with van der Waals surface area (Å²) in [6.45, 7) is 1.06. The number of Topliss-reactive ketones (excluding diaryl/α,β-unsaturated/α-hetero) is 1. The molecule has 5 nitrogen and oxygen atoms in total. The molecule has 1 saturated heterocycles. The number of ketones is 1. The standard InChI is InChI=1S/C14H21N3O2S/c1-17-6-7-20-9-11(17)14-15-13(19-16-14)8-10-4-2-3-5-12(10)18/h10-11H,2-9H2,1H3. The number of hydrogen-bond donors (Lipinski definition) is 0. The number of aromatic nitrogens is 2. The zero-order valence-electron chi connectivity index (χ0n) is 11.9. The maximum atomic E-state index is 11.9. The summed E-state index contributed by atoms with van der Waals surface area (Å²) in [4.78, 5) is 18.7. The van der Waals surface area contributed by atoms with Crippen molar-refractivity contribution >= 4 is 17.5 Å². The third kappa shape index (κ3) is 3.06. The Labute approximate surface area is 123 Å². The van der Waals surface area contributed by atoms with Crippen LogP contribution in [-0.4, -0.2) is 45.9 Å². The zero-order chi connectivity index (χ0) is 13.9. The Morgan fingerprint density at radius 1 is 1.45 bits per heavy atom. The highest BCUT2D eigenvalue weighted by atomic mass is 32.2. The van der Waals surface area contributed by atoms with E-state index in [1.165, 1.54) is 0 Å². The number of carbonyl (C=O) groups is 1. The maximum absolute atomic E-state index is 11.9.